The number of pyridine rings is 1. The molecule has 2 aromatic heterocycles. The summed E-state index contributed by atoms with van der Waals surface area (Å²) in [6, 6.07) is 2.52. The first kappa shape index (κ1) is 10.4. The van der Waals surface area contributed by atoms with Crippen molar-refractivity contribution < 1.29 is 4.92 Å². The highest BCUT2D eigenvalue weighted by atomic mass is 32.2. The van der Waals surface area contributed by atoms with Crippen LogP contribution in [0.2, 0.25) is 0 Å². The minimum absolute atomic E-state index is 0.0937. The Kier molecular flexibility index (Phi) is 2.68. The minimum Gasteiger partial charge on any atom is -0.383 e. The van der Waals surface area contributed by atoms with Gasteiger partial charge in [0.25, 0.3) is 5.69 Å². The van der Waals surface area contributed by atoms with Crippen LogP contribution < -0.4 is 5.73 Å². The molecule has 0 saturated carbocycles. The zero-order chi connectivity index (χ0) is 11.5. The van der Waals surface area contributed by atoms with Crippen molar-refractivity contribution in [3.63, 3.8) is 0 Å². The van der Waals surface area contributed by atoms with Crippen LogP contribution >= 0.6 is 11.8 Å². The molecule has 0 aliphatic carbocycles. The molecule has 8 nitrogen and oxygen atoms in total. The largest absolute Gasteiger partial charge is 0.383 e. The maximum atomic E-state index is 10.6. The van der Waals surface area contributed by atoms with Gasteiger partial charge in [0.15, 0.2) is 5.16 Å². The Morgan fingerprint density at radius 2 is 2.31 bits per heavy atom. The number of anilines is 1. The van der Waals surface area contributed by atoms with Crippen LogP contribution in [-0.2, 0) is 0 Å². The molecule has 0 radical (unpaired) electrons. The summed E-state index contributed by atoms with van der Waals surface area (Å²) in [4.78, 5) is 17.9. The van der Waals surface area contributed by atoms with Crippen molar-refractivity contribution in [2.24, 2.45) is 0 Å². The third kappa shape index (κ3) is 2.25. The van der Waals surface area contributed by atoms with Crippen LogP contribution in [-0.4, -0.2) is 25.1 Å². The summed E-state index contributed by atoms with van der Waals surface area (Å²) < 4.78 is 0. The van der Waals surface area contributed by atoms with Gasteiger partial charge in [-0.25, -0.2) is 9.97 Å². The summed E-state index contributed by atoms with van der Waals surface area (Å²) in [5.41, 5.74) is 5.35. The van der Waals surface area contributed by atoms with Gasteiger partial charge in [0.05, 0.1) is 11.0 Å². The van der Waals surface area contributed by atoms with Gasteiger partial charge in [-0.1, -0.05) is 0 Å². The van der Waals surface area contributed by atoms with E-state index in [1.807, 2.05) is 0 Å². The van der Waals surface area contributed by atoms with Crippen molar-refractivity contribution in [2.75, 3.05) is 5.73 Å². The molecule has 0 aromatic carbocycles. The van der Waals surface area contributed by atoms with Gasteiger partial charge in [0.2, 0.25) is 0 Å². The van der Waals surface area contributed by atoms with E-state index in [0.29, 0.717) is 10.2 Å². The summed E-state index contributed by atoms with van der Waals surface area (Å²) in [7, 11) is 0. The van der Waals surface area contributed by atoms with Crippen molar-refractivity contribution in [1.29, 1.82) is 0 Å². The van der Waals surface area contributed by atoms with Gasteiger partial charge in [-0.3, -0.25) is 15.2 Å². The van der Waals surface area contributed by atoms with Crippen molar-refractivity contribution in [2.45, 2.75) is 10.2 Å². The smallest absolute Gasteiger partial charge is 0.275 e. The lowest BCUT2D eigenvalue weighted by Gasteiger charge is -1.99. The molecule has 0 aliphatic rings. The third-order valence-electron chi connectivity index (χ3n) is 1.61. The Bertz CT molecular complexity index is 514. The molecule has 16 heavy (non-hydrogen) atoms. The highest BCUT2D eigenvalue weighted by molar-refractivity contribution is 7.99. The number of nitrogen functional groups attached to an aromatic ring is 1. The molecule has 0 fully saturated rings. The molecular formula is C7H6N6O2S. The number of nitro groups is 1. The third-order valence-corrected chi connectivity index (χ3v) is 2.42. The molecule has 2 rings (SSSR count). The summed E-state index contributed by atoms with van der Waals surface area (Å²) in [5, 5.41) is 17.7. The number of nitrogens with zero attached hydrogens (tertiary/aromatic N) is 4. The van der Waals surface area contributed by atoms with Crippen LogP contribution in [0.15, 0.2) is 28.6 Å². The molecule has 0 bridgehead atoms. The van der Waals surface area contributed by atoms with Gasteiger partial charge in [-0.15, -0.1) is 0 Å². The van der Waals surface area contributed by atoms with Crippen molar-refractivity contribution in [3.8, 4) is 0 Å². The van der Waals surface area contributed by atoms with Crippen LogP contribution in [0.4, 0.5) is 11.5 Å². The number of nitrogens with two attached hydrogens (primary N) is 1. The summed E-state index contributed by atoms with van der Waals surface area (Å²) in [6.07, 6.45) is 1.34. The number of aromatic amines is 1. The Morgan fingerprint density at radius 1 is 1.50 bits per heavy atom. The van der Waals surface area contributed by atoms with E-state index in [0.717, 1.165) is 11.8 Å². The topological polar surface area (TPSA) is 124 Å². The van der Waals surface area contributed by atoms with Gasteiger partial charge in [-0.2, -0.15) is 5.10 Å². The Balaban J connectivity index is 2.31. The Hall–Kier alpha value is -2.16. The van der Waals surface area contributed by atoms with Crippen molar-refractivity contribution in [3.05, 3.63) is 28.6 Å². The van der Waals surface area contributed by atoms with Gasteiger partial charge in [0.1, 0.15) is 17.2 Å². The van der Waals surface area contributed by atoms with Crippen LogP contribution in [0.25, 0.3) is 0 Å². The average molecular weight is 238 g/mol. The SMILES string of the molecule is Nc1cc([N+](=O)[O-])cc(Sc2ncn[nH]2)n1. The van der Waals surface area contributed by atoms with Gasteiger partial charge in [0, 0.05) is 6.07 Å². The maximum absolute atomic E-state index is 10.6. The monoisotopic (exact) mass is 238 g/mol. The fourth-order valence-corrected chi connectivity index (χ4v) is 1.74. The van der Waals surface area contributed by atoms with Crippen LogP contribution in [0.5, 0.6) is 0 Å². The number of H-pyrrole nitrogens is 1. The molecule has 2 heterocycles. The summed E-state index contributed by atoms with van der Waals surface area (Å²) in [6.45, 7) is 0. The molecule has 0 saturated heterocycles. The van der Waals surface area contributed by atoms with Crippen LogP contribution in [0.1, 0.15) is 0 Å². The zero-order valence-electron chi connectivity index (χ0n) is 7.82. The number of rotatable bonds is 3. The fourth-order valence-electron chi connectivity index (χ4n) is 1.01. The van der Waals surface area contributed by atoms with Gasteiger partial charge in [-0.05, 0) is 11.8 Å². The first-order valence-corrected chi connectivity index (χ1v) is 4.92. The first-order chi connectivity index (χ1) is 7.65. The Labute approximate surface area is 93.4 Å². The molecule has 0 amide bonds. The number of hydrogen-bond donors (Lipinski definition) is 2. The Morgan fingerprint density at radius 3 is 2.94 bits per heavy atom. The maximum Gasteiger partial charge on any atom is 0.275 e. The van der Waals surface area contributed by atoms with E-state index >= 15 is 0 Å². The summed E-state index contributed by atoms with van der Waals surface area (Å²) in [5.74, 6) is 0.0937. The van der Waals surface area contributed by atoms with E-state index in [4.69, 9.17) is 5.73 Å². The van der Waals surface area contributed by atoms with Crippen LogP contribution in [0, 0.1) is 10.1 Å². The van der Waals surface area contributed by atoms with Gasteiger partial charge >= 0.3 is 0 Å². The number of nitrogens with one attached hydrogen (secondary N) is 1. The molecule has 82 valence electrons. The zero-order valence-corrected chi connectivity index (χ0v) is 8.64. The predicted molar refractivity (Wildman–Crippen MR) is 55.8 cm³/mol. The van der Waals surface area contributed by atoms with E-state index < -0.39 is 4.92 Å². The molecule has 0 aliphatic heterocycles. The van der Waals surface area contributed by atoms with E-state index in [9.17, 15) is 10.1 Å². The molecule has 0 atom stereocenters. The molecule has 2 aromatic rings. The van der Waals surface area contributed by atoms with E-state index in [1.165, 1.54) is 18.5 Å². The van der Waals surface area contributed by atoms with Crippen molar-refractivity contribution in [1.82, 2.24) is 20.2 Å². The van der Waals surface area contributed by atoms with E-state index in [-0.39, 0.29) is 11.5 Å². The minimum atomic E-state index is -0.525. The number of aromatic nitrogens is 4. The second-order valence-electron chi connectivity index (χ2n) is 2.74. The standard InChI is InChI=1S/C7H6N6O2S/c8-5-1-4(13(14)15)2-6(11-5)16-7-9-3-10-12-7/h1-3H,(H2,8,11)(H,9,10,12). The lowest BCUT2D eigenvalue weighted by atomic mass is 10.4. The predicted octanol–water partition coefficient (Wildman–Crippen LogP) is 0.841. The van der Waals surface area contributed by atoms with Crippen LogP contribution in [0.3, 0.4) is 0 Å². The average Bonchev–Trinajstić information content (AvgIpc) is 2.69. The molecule has 3 N–H and O–H groups in total. The fraction of sp³-hybridized carbons (Fsp3) is 0. The summed E-state index contributed by atoms with van der Waals surface area (Å²) >= 11 is 1.12. The second-order valence-corrected chi connectivity index (χ2v) is 3.75. The lowest BCUT2D eigenvalue weighted by Crippen LogP contribution is -1.96. The molecule has 0 unspecified atom stereocenters. The molecule has 9 heteroatoms. The number of hydrogen-bond acceptors (Lipinski definition) is 7. The molecule has 0 spiro atoms. The first-order valence-electron chi connectivity index (χ1n) is 4.10. The van der Waals surface area contributed by atoms with E-state index in [2.05, 4.69) is 20.2 Å². The normalized spacial score (nSPS) is 10.2. The lowest BCUT2D eigenvalue weighted by molar-refractivity contribution is -0.385. The molecular weight excluding hydrogens is 232 g/mol. The highest BCUT2D eigenvalue weighted by Crippen LogP contribution is 2.26. The second kappa shape index (κ2) is 4.14. The highest BCUT2D eigenvalue weighted by Gasteiger charge is 2.11. The quantitative estimate of drug-likeness (QED) is 0.599. The van der Waals surface area contributed by atoms with Gasteiger partial charge < -0.3 is 5.73 Å². The van der Waals surface area contributed by atoms with Crippen molar-refractivity contribution >= 4 is 23.3 Å². The van der Waals surface area contributed by atoms with E-state index in [1.54, 1.807) is 0 Å².